The molecule has 0 bridgehead atoms. The zero-order valence-corrected chi connectivity index (χ0v) is 14.1. The minimum Gasteiger partial charge on any atom is -0.377 e. The smallest absolute Gasteiger partial charge is 0.101 e. The van der Waals surface area contributed by atoms with Crippen molar-refractivity contribution in [2.24, 2.45) is 0 Å². The molecule has 1 unspecified atom stereocenters. The van der Waals surface area contributed by atoms with E-state index in [9.17, 15) is 5.26 Å². The summed E-state index contributed by atoms with van der Waals surface area (Å²) in [6.07, 6.45) is 1.08. The Bertz CT molecular complexity index is 675. The fourth-order valence-corrected chi connectivity index (χ4v) is 5.33. The van der Waals surface area contributed by atoms with Gasteiger partial charge in [-0.2, -0.15) is 5.26 Å². The number of thioether (sulfide) groups is 1. The molecule has 1 aliphatic rings. The van der Waals surface area contributed by atoms with Gasteiger partial charge >= 0.3 is 0 Å². The van der Waals surface area contributed by atoms with E-state index in [1.807, 2.05) is 30.0 Å². The fourth-order valence-electron chi connectivity index (χ4n) is 2.41. The monoisotopic (exact) mass is 364 g/mol. The fraction of sp³-hybridized carbons (Fsp3) is 0.267. The van der Waals surface area contributed by atoms with E-state index in [2.05, 4.69) is 45.7 Å². The van der Waals surface area contributed by atoms with Gasteiger partial charge in [-0.05, 0) is 41.6 Å². The lowest BCUT2D eigenvalue weighted by atomic mass is 10.0. The van der Waals surface area contributed by atoms with Crippen LogP contribution < -0.4 is 5.32 Å². The molecule has 2 atom stereocenters. The summed E-state index contributed by atoms with van der Waals surface area (Å²) < 4.78 is 2.39. The first kappa shape index (κ1) is 14.0. The zero-order chi connectivity index (χ0) is 14.1. The van der Waals surface area contributed by atoms with Crippen LogP contribution in [0.3, 0.4) is 0 Å². The molecule has 102 valence electrons. The van der Waals surface area contributed by atoms with Crippen LogP contribution in [0.5, 0.6) is 0 Å². The summed E-state index contributed by atoms with van der Waals surface area (Å²) in [5.41, 5.74) is 2.96. The van der Waals surface area contributed by atoms with Crippen molar-refractivity contribution in [2.75, 3.05) is 5.32 Å². The quantitative estimate of drug-likeness (QED) is 0.772. The number of nitrogens with one attached hydrogen (secondary N) is 1. The average molecular weight is 365 g/mol. The van der Waals surface area contributed by atoms with E-state index in [1.54, 1.807) is 11.3 Å². The second-order valence-corrected chi connectivity index (χ2v) is 8.37. The number of nitriles is 1. The second-order valence-electron chi connectivity index (χ2n) is 4.83. The van der Waals surface area contributed by atoms with Gasteiger partial charge in [0.15, 0.2) is 0 Å². The van der Waals surface area contributed by atoms with Gasteiger partial charge < -0.3 is 5.32 Å². The van der Waals surface area contributed by atoms with Crippen LogP contribution in [0.15, 0.2) is 38.3 Å². The lowest BCUT2D eigenvalue weighted by Gasteiger charge is -2.28. The van der Waals surface area contributed by atoms with Crippen LogP contribution in [0.25, 0.3) is 0 Å². The highest BCUT2D eigenvalue weighted by molar-refractivity contribution is 9.10. The maximum atomic E-state index is 9.24. The molecule has 1 aromatic heterocycles. The molecule has 0 saturated carbocycles. The Morgan fingerprint density at radius 2 is 2.25 bits per heavy atom. The first-order valence-corrected chi connectivity index (χ1v) is 8.93. The zero-order valence-electron chi connectivity index (χ0n) is 10.9. The van der Waals surface area contributed by atoms with Gasteiger partial charge in [-0.1, -0.05) is 22.9 Å². The molecule has 2 heterocycles. The molecule has 0 aliphatic carbocycles. The lowest BCUT2D eigenvalue weighted by molar-refractivity contribution is 0.669. The predicted molar refractivity (Wildman–Crippen MR) is 89.5 cm³/mol. The molecule has 5 heteroatoms. The molecular weight excluding hydrogens is 352 g/mol. The van der Waals surface area contributed by atoms with Crippen LogP contribution in [-0.2, 0) is 0 Å². The van der Waals surface area contributed by atoms with Gasteiger partial charge in [0, 0.05) is 9.72 Å². The second kappa shape index (κ2) is 5.80. The molecule has 1 aromatic carbocycles. The van der Waals surface area contributed by atoms with Crippen molar-refractivity contribution < 1.29 is 0 Å². The Kier molecular flexibility index (Phi) is 4.06. The molecule has 0 spiro atoms. The minimum atomic E-state index is 0.286. The third-order valence-corrected chi connectivity index (χ3v) is 6.18. The predicted octanol–water partition coefficient (Wildman–Crippen LogP) is 5.42. The molecule has 0 radical (unpaired) electrons. The van der Waals surface area contributed by atoms with E-state index in [1.165, 1.54) is 9.77 Å². The number of rotatable bonds is 2. The summed E-state index contributed by atoms with van der Waals surface area (Å²) in [5, 5.41) is 15.5. The van der Waals surface area contributed by atoms with Gasteiger partial charge in [-0.15, -0.1) is 23.1 Å². The summed E-state index contributed by atoms with van der Waals surface area (Å²) in [4.78, 5) is 0. The maximum Gasteiger partial charge on any atom is 0.101 e. The van der Waals surface area contributed by atoms with E-state index in [-0.39, 0.29) is 6.04 Å². The number of thiophene rings is 1. The van der Waals surface area contributed by atoms with Crippen molar-refractivity contribution in [3.63, 3.8) is 0 Å². The molecule has 0 fully saturated rings. The van der Waals surface area contributed by atoms with Crippen LogP contribution >= 0.6 is 39.0 Å². The third-order valence-electron chi connectivity index (χ3n) is 3.34. The largest absolute Gasteiger partial charge is 0.377 e. The number of anilines is 1. The van der Waals surface area contributed by atoms with E-state index in [4.69, 9.17) is 0 Å². The average Bonchev–Trinajstić information content (AvgIpc) is 2.87. The van der Waals surface area contributed by atoms with Crippen molar-refractivity contribution in [3.8, 4) is 6.07 Å². The number of fused-ring (bicyclic) bond motifs is 1. The van der Waals surface area contributed by atoms with E-state index >= 15 is 0 Å². The van der Waals surface area contributed by atoms with Crippen LogP contribution in [0, 0.1) is 11.3 Å². The highest BCUT2D eigenvalue weighted by Crippen LogP contribution is 2.45. The number of hydrogen-bond acceptors (Lipinski definition) is 4. The molecule has 20 heavy (non-hydrogen) atoms. The Hall–Kier alpha value is -0.960. The maximum absolute atomic E-state index is 9.24. The highest BCUT2D eigenvalue weighted by atomic mass is 79.9. The first-order chi connectivity index (χ1) is 9.67. The van der Waals surface area contributed by atoms with Crippen molar-refractivity contribution in [3.05, 3.63) is 45.2 Å². The molecule has 0 saturated heterocycles. The summed E-state index contributed by atoms with van der Waals surface area (Å²) >= 11 is 7.23. The minimum absolute atomic E-state index is 0.286. The van der Waals surface area contributed by atoms with Gasteiger partial charge in [0.05, 0.1) is 21.5 Å². The normalized spacial score (nSPS) is 21.1. The first-order valence-electron chi connectivity index (χ1n) is 6.37. The van der Waals surface area contributed by atoms with Crippen molar-refractivity contribution in [1.29, 1.82) is 5.26 Å². The molecule has 1 aliphatic heterocycles. The van der Waals surface area contributed by atoms with Gasteiger partial charge in [-0.25, -0.2) is 0 Å². The van der Waals surface area contributed by atoms with Crippen molar-refractivity contribution in [1.82, 2.24) is 0 Å². The molecule has 1 N–H and O–H groups in total. The summed E-state index contributed by atoms with van der Waals surface area (Å²) in [6.45, 7) is 2.26. The lowest BCUT2D eigenvalue weighted by Crippen LogP contribution is -2.19. The van der Waals surface area contributed by atoms with Gasteiger partial charge in [0.25, 0.3) is 0 Å². The standard InChI is InChI=1S/C15H13BrN2S2/c1-9-6-14(12-4-5-19-15(12)20-9)18-13-7-11(16)3-2-10(13)8-17/h2-5,7,9,14,18H,6H2,1H3/t9-,14?/m0/s1. The number of hydrogen-bond donors (Lipinski definition) is 1. The van der Waals surface area contributed by atoms with Gasteiger partial charge in [0.2, 0.25) is 0 Å². The van der Waals surface area contributed by atoms with Crippen molar-refractivity contribution in [2.45, 2.75) is 28.8 Å². The molecule has 0 amide bonds. The van der Waals surface area contributed by atoms with Crippen LogP contribution in [0.2, 0.25) is 0 Å². The number of nitrogens with zero attached hydrogens (tertiary/aromatic N) is 1. The Labute approximate surface area is 135 Å². The van der Waals surface area contributed by atoms with E-state index < -0.39 is 0 Å². The summed E-state index contributed by atoms with van der Waals surface area (Å²) in [7, 11) is 0. The Morgan fingerprint density at radius 3 is 3.05 bits per heavy atom. The van der Waals surface area contributed by atoms with Gasteiger partial charge in [-0.3, -0.25) is 0 Å². The Morgan fingerprint density at radius 1 is 1.40 bits per heavy atom. The highest BCUT2D eigenvalue weighted by Gasteiger charge is 2.26. The molecule has 2 aromatic rings. The summed E-state index contributed by atoms with van der Waals surface area (Å²) in [6, 6.07) is 10.5. The van der Waals surface area contributed by atoms with Gasteiger partial charge in [0.1, 0.15) is 6.07 Å². The molecule has 3 rings (SSSR count). The third kappa shape index (κ3) is 2.73. The van der Waals surface area contributed by atoms with Crippen LogP contribution in [0.1, 0.15) is 30.5 Å². The molecular formula is C15H13BrN2S2. The number of halogens is 1. The Balaban J connectivity index is 1.93. The number of benzene rings is 1. The SMILES string of the molecule is C[C@H]1CC(Nc2cc(Br)ccc2C#N)c2ccsc2S1. The van der Waals surface area contributed by atoms with E-state index in [0.717, 1.165) is 16.6 Å². The van der Waals surface area contributed by atoms with E-state index in [0.29, 0.717) is 10.8 Å². The summed E-state index contributed by atoms with van der Waals surface area (Å²) in [5.74, 6) is 0. The van der Waals surface area contributed by atoms with Crippen LogP contribution in [0.4, 0.5) is 5.69 Å². The topological polar surface area (TPSA) is 35.8 Å². The van der Waals surface area contributed by atoms with Crippen molar-refractivity contribution >= 4 is 44.7 Å². The molecule has 2 nitrogen and oxygen atoms in total. The van der Waals surface area contributed by atoms with Crippen LogP contribution in [-0.4, -0.2) is 5.25 Å².